The lowest BCUT2D eigenvalue weighted by Crippen LogP contribution is -2.16. The van der Waals surface area contributed by atoms with Gasteiger partial charge in [0.1, 0.15) is 0 Å². The first-order valence-electron chi connectivity index (χ1n) is 7.58. The van der Waals surface area contributed by atoms with Gasteiger partial charge in [0, 0.05) is 24.4 Å². The fraction of sp³-hybridized carbons (Fsp3) is 0.389. The summed E-state index contributed by atoms with van der Waals surface area (Å²) in [6, 6.07) is 12.0. The van der Waals surface area contributed by atoms with E-state index in [4.69, 9.17) is 15.2 Å². The summed E-state index contributed by atoms with van der Waals surface area (Å²) in [7, 11) is 1.65. The quantitative estimate of drug-likeness (QED) is 0.853. The monoisotopic (exact) mass is 300 g/mol. The van der Waals surface area contributed by atoms with E-state index in [0.29, 0.717) is 6.54 Å². The van der Waals surface area contributed by atoms with E-state index in [-0.39, 0.29) is 12.0 Å². The number of methoxy groups -OCH3 is 1. The second-order valence-corrected chi connectivity index (χ2v) is 5.54. The van der Waals surface area contributed by atoms with E-state index in [2.05, 4.69) is 11.1 Å². The van der Waals surface area contributed by atoms with Crippen molar-refractivity contribution in [3.8, 4) is 11.5 Å². The van der Waals surface area contributed by atoms with Gasteiger partial charge < -0.3 is 15.2 Å². The van der Waals surface area contributed by atoms with Crippen LogP contribution in [0.15, 0.2) is 42.6 Å². The first-order valence-corrected chi connectivity index (χ1v) is 7.58. The zero-order valence-corrected chi connectivity index (χ0v) is 13.5. The van der Waals surface area contributed by atoms with E-state index < -0.39 is 0 Å². The van der Waals surface area contributed by atoms with Crippen molar-refractivity contribution in [2.75, 3.05) is 13.7 Å². The fourth-order valence-corrected chi connectivity index (χ4v) is 2.40. The van der Waals surface area contributed by atoms with Gasteiger partial charge in [0.2, 0.25) is 0 Å². The molecule has 0 saturated heterocycles. The number of pyridine rings is 1. The first kappa shape index (κ1) is 16.3. The second-order valence-electron chi connectivity index (χ2n) is 5.54. The molecular weight excluding hydrogens is 276 g/mol. The molecular formula is C18H24N2O2. The molecule has 0 aliphatic rings. The van der Waals surface area contributed by atoms with Crippen LogP contribution in [-0.4, -0.2) is 24.7 Å². The number of benzene rings is 1. The molecule has 0 saturated carbocycles. The third kappa shape index (κ3) is 4.21. The van der Waals surface area contributed by atoms with Crippen molar-refractivity contribution in [2.45, 2.75) is 32.3 Å². The number of ether oxygens (including phenoxy) is 2. The molecule has 1 aromatic heterocycles. The summed E-state index contributed by atoms with van der Waals surface area (Å²) in [5.41, 5.74) is 8.12. The molecule has 0 amide bonds. The Balaban J connectivity index is 2.21. The number of rotatable bonds is 7. The Hall–Kier alpha value is -2.07. The van der Waals surface area contributed by atoms with Gasteiger partial charge in [-0.1, -0.05) is 12.1 Å². The summed E-state index contributed by atoms with van der Waals surface area (Å²) >= 11 is 0. The van der Waals surface area contributed by atoms with Crippen LogP contribution in [0.4, 0.5) is 0 Å². The third-order valence-corrected chi connectivity index (χ3v) is 3.46. The highest BCUT2D eigenvalue weighted by atomic mass is 16.5. The first-order chi connectivity index (χ1) is 10.6. The average molecular weight is 300 g/mol. The largest absolute Gasteiger partial charge is 0.493 e. The highest BCUT2D eigenvalue weighted by Gasteiger charge is 2.14. The predicted molar refractivity (Wildman–Crippen MR) is 88.5 cm³/mol. The minimum absolute atomic E-state index is 0.102. The molecule has 1 aromatic carbocycles. The summed E-state index contributed by atoms with van der Waals surface area (Å²) in [5, 5.41) is 0. The van der Waals surface area contributed by atoms with E-state index in [9.17, 15) is 0 Å². The Bertz CT molecular complexity index is 585. The van der Waals surface area contributed by atoms with Crippen LogP contribution in [0.25, 0.3) is 0 Å². The van der Waals surface area contributed by atoms with Gasteiger partial charge in [-0.05, 0) is 50.1 Å². The molecule has 2 N–H and O–H groups in total. The maximum atomic E-state index is 5.93. The lowest BCUT2D eigenvalue weighted by atomic mass is 9.95. The number of nitrogens with zero attached hydrogens (tertiary/aromatic N) is 1. The van der Waals surface area contributed by atoms with Gasteiger partial charge in [-0.25, -0.2) is 0 Å². The zero-order chi connectivity index (χ0) is 15.9. The molecule has 118 valence electrons. The maximum absolute atomic E-state index is 5.93. The summed E-state index contributed by atoms with van der Waals surface area (Å²) in [5.74, 6) is 1.72. The minimum atomic E-state index is 0.102. The molecule has 0 fully saturated rings. The van der Waals surface area contributed by atoms with Crippen LogP contribution in [0.5, 0.6) is 11.5 Å². The van der Waals surface area contributed by atoms with E-state index in [1.165, 1.54) is 0 Å². The molecule has 0 aliphatic carbocycles. The van der Waals surface area contributed by atoms with Crippen LogP contribution in [0.3, 0.4) is 0 Å². The molecule has 1 atom stereocenters. The van der Waals surface area contributed by atoms with Gasteiger partial charge in [0.05, 0.1) is 13.2 Å². The topological polar surface area (TPSA) is 57.4 Å². The molecule has 1 heterocycles. The number of nitrogens with two attached hydrogens (primary N) is 1. The fourth-order valence-electron chi connectivity index (χ4n) is 2.40. The molecule has 0 spiro atoms. The average Bonchev–Trinajstić information content (AvgIpc) is 2.53. The molecule has 22 heavy (non-hydrogen) atoms. The van der Waals surface area contributed by atoms with Gasteiger partial charge in [0.25, 0.3) is 0 Å². The van der Waals surface area contributed by atoms with Crippen molar-refractivity contribution in [3.63, 3.8) is 0 Å². The van der Waals surface area contributed by atoms with Crippen LogP contribution in [0.1, 0.15) is 31.0 Å². The lowest BCUT2D eigenvalue weighted by Gasteiger charge is -2.17. The van der Waals surface area contributed by atoms with Gasteiger partial charge >= 0.3 is 0 Å². The lowest BCUT2D eigenvalue weighted by molar-refractivity contribution is 0.230. The maximum Gasteiger partial charge on any atom is 0.161 e. The van der Waals surface area contributed by atoms with Crippen molar-refractivity contribution in [2.24, 2.45) is 5.73 Å². The van der Waals surface area contributed by atoms with Crippen LogP contribution in [-0.2, 0) is 6.42 Å². The highest BCUT2D eigenvalue weighted by molar-refractivity contribution is 5.43. The third-order valence-electron chi connectivity index (χ3n) is 3.46. The number of aromatic nitrogens is 1. The van der Waals surface area contributed by atoms with Crippen molar-refractivity contribution < 1.29 is 9.47 Å². The second kappa shape index (κ2) is 7.80. The van der Waals surface area contributed by atoms with E-state index in [0.717, 1.165) is 29.2 Å². The molecule has 0 aliphatic heterocycles. The van der Waals surface area contributed by atoms with Gasteiger partial charge in [-0.3, -0.25) is 4.98 Å². The molecule has 4 nitrogen and oxygen atoms in total. The summed E-state index contributed by atoms with van der Waals surface area (Å²) in [6.07, 6.45) is 2.73. The van der Waals surface area contributed by atoms with Crippen molar-refractivity contribution in [1.82, 2.24) is 4.98 Å². The Kier molecular flexibility index (Phi) is 5.78. The van der Waals surface area contributed by atoms with Gasteiger partial charge in [-0.15, -0.1) is 0 Å². The Morgan fingerprint density at radius 2 is 1.95 bits per heavy atom. The molecule has 2 rings (SSSR count). The Morgan fingerprint density at radius 1 is 1.14 bits per heavy atom. The predicted octanol–water partition coefficient (Wildman–Crippen LogP) is 3.16. The number of hydrogen-bond donors (Lipinski definition) is 1. The van der Waals surface area contributed by atoms with E-state index in [1.807, 2.05) is 44.2 Å². The van der Waals surface area contributed by atoms with Crippen molar-refractivity contribution in [3.05, 3.63) is 53.9 Å². The normalized spacial score (nSPS) is 12.2. The molecule has 1 unspecified atom stereocenters. The molecule has 4 heteroatoms. The Labute approximate surface area is 132 Å². The minimum Gasteiger partial charge on any atom is -0.493 e. The molecule has 0 bridgehead atoms. The van der Waals surface area contributed by atoms with E-state index in [1.54, 1.807) is 13.3 Å². The molecule has 0 radical (unpaired) electrons. The van der Waals surface area contributed by atoms with Crippen molar-refractivity contribution in [1.29, 1.82) is 0 Å². The standard InChI is InChI=1S/C18H24N2O2/c1-13(2)22-18-11-14(7-8-17(18)21-3)10-15(12-19)16-6-4-5-9-20-16/h4-9,11,13,15H,10,12,19H2,1-3H3. The van der Waals surface area contributed by atoms with Crippen LogP contribution in [0, 0.1) is 0 Å². The summed E-state index contributed by atoms with van der Waals surface area (Å²) in [6.45, 7) is 4.56. The van der Waals surface area contributed by atoms with Crippen molar-refractivity contribution >= 4 is 0 Å². The highest BCUT2D eigenvalue weighted by Crippen LogP contribution is 2.30. The van der Waals surface area contributed by atoms with E-state index >= 15 is 0 Å². The van der Waals surface area contributed by atoms with Crippen LogP contribution in [0.2, 0.25) is 0 Å². The molecule has 2 aromatic rings. The van der Waals surface area contributed by atoms with Gasteiger partial charge in [0.15, 0.2) is 11.5 Å². The summed E-state index contributed by atoms with van der Waals surface area (Å²) in [4.78, 5) is 4.41. The zero-order valence-electron chi connectivity index (χ0n) is 13.5. The van der Waals surface area contributed by atoms with Crippen LogP contribution < -0.4 is 15.2 Å². The summed E-state index contributed by atoms with van der Waals surface area (Å²) < 4.78 is 11.2. The number of hydrogen-bond acceptors (Lipinski definition) is 4. The SMILES string of the molecule is COc1ccc(CC(CN)c2ccccn2)cc1OC(C)C. The smallest absolute Gasteiger partial charge is 0.161 e. The van der Waals surface area contributed by atoms with Gasteiger partial charge in [-0.2, -0.15) is 0 Å². The Morgan fingerprint density at radius 3 is 2.55 bits per heavy atom. The van der Waals surface area contributed by atoms with Crippen LogP contribution >= 0.6 is 0 Å².